The highest BCUT2D eigenvalue weighted by atomic mass is 35.5. The number of rotatable bonds is 4. The van der Waals surface area contributed by atoms with Gasteiger partial charge in [-0.3, -0.25) is 5.32 Å². The molecule has 1 rings (SSSR count). The summed E-state index contributed by atoms with van der Waals surface area (Å²) in [4.78, 5) is 13.4. The third-order valence-corrected chi connectivity index (χ3v) is 3.05. The predicted octanol–water partition coefficient (Wildman–Crippen LogP) is 3.76. The Hall–Kier alpha value is -0.680. The van der Waals surface area contributed by atoms with E-state index in [0.29, 0.717) is 27.3 Å². The molecule has 4 nitrogen and oxygen atoms in total. The van der Waals surface area contributed by atoms with Gasteiger partial charge in [0.1, 0.15) is 6.61 Å². The number of hydrogen-bond donors (Lipinski definition) is 1. The highest BCUT2D eigenvalue weighted by molar-refractivity contribution is 6.44. The molecule has 0 aliphatic rings. The van der Waals surface area contributed by atoms with Crippen molar-refractivity contribution in [1.29, 1.82) is 0 Å². The normalized spacial score (nSPS) is 10.6. The SMILES string of the molecule is CN(C)CCOC(=O)Nc1cc(Cl)c(Cl)cc1Cl. The van der Waals surface area contributed by atoms with Crippen molar-refractivity contribution in [1.82, 2.24) is 4.90 Å². The van der Waals surface area contributed by atoms with Crippen molar-refractivity contribution < 1.29 is 9.53 Å². The van der Waals surface area contributed by atoms with Gasteiger partial charge in [0.05, 0.1) is 20.8 Å². The van der Waals surface area contributed by atoms with Crippen LogP contribution < -0.4 is 5.32 Å². The first-order valence-corrected chi connectivity index (χ1v) is 6.26. The first kappa shape index (κ1) is 15.4. The van der Waals surface area contributed by atoms with E-state index in [1.54, 1.807) is 0 Å². The van der Waals surface area contributed by atoms with Crippen LogP contribution in [-0.4, -0.2) is 38.2 Å². The zero-order valence-electron chi connectivity index (χ0n) is 9.97. The molecule has 0 bridgehead atoms. The molecule has 1 aromatic carbocycles. The Morgan fingerprint density at radius 1 is 1.22 bits per heavy atom. The van der Waals surface area contributed by atoms with Crippen LogP contribution >= 0.6 is 34.8 Å². The molecule has 0 unspecified atom stereocenters. The van der Waals surface area contributed by atoms with E-state index in [0.717, 1.165) is 0 Å². The number of hydrogen-bond acceptors (Lipinski definition) is 3. The quantitative estimate of drug-likeness (QED) is 0.861. The Labute approximate surface area is 121 Å². The summed E-state index contributed by atoms with van der Waals surface area (Å²) in [5.74, 6) is 0. The van der Waals surface area contributed by atoms with E-state index in [2.05, 4.69) is 5.32 Å². The minimum Gasteiger partial charge on any atom is -0.448 e. The van der Waals surface area contributed by atoms with Crippen LogP contribution in [0.5, 0.6) is 0 Å². The van der Waals surface area contributed by atoms with Gasteiger partial charge in [0.2, 0.25) is 0 Å². The Bertz CT molecular complexity index is 439. The van der Waals surface area contributed by atoms with Crippen LogP contribution in [0.2, 0.25) is 15.1 Å². The Balaban J connectivity index is 2.57. The minimum absolute atomic E-state index is 0.289. The van der Waals surface area contributed by atoms with Crippen LogP contribution in [0.4, 0.5) is 10.5 Å². The molecule has 0 saturated carbocycles. The zero-order chi connectivity index (χ0) is 13.7. The van der Waals surface area contributed by atoms with Crippen molar-refractivity contribution >= 4 is 46.6 Å². The number of benzene rings is 1. The number of likely N-dealkylation sites (N-methyl/N-ethyl adjacent to an activating group) is 1. The smallest absolute Gasteiger partial charge is 0.411 e. The Morgan fingerprint density at radius 3 is 2.44 bits per heavy atom. The zero-order valence-corrected chi connectivity index (χ0v) is 12.2. The molecule has 0 heterocycles. The van der Waals surface area contributed by atoms with Crippen molar-refractivity contribution in [2.45, 2.75) is 0 Å². The average Bonchev–Trinajstić information content (AvgIpc) is 2.25. The lowest BCUT2D eigenvalue weighted by atomic mass is 10.3. The molecule has 7 heteroatoms. The Kier molecular flexibility index (Phi) is 6.02. The van der Waals surface area contributed by atoms with Crippen LogP contribution in [-0.2, 0) is 4.74 Å². The molecule has 100 valence electrons. The van der Waals surface area contributed by atoms with E-state index < -0.39 is 6.09 Å². The monoisotopic (exact) mass is 310 g/mol. The number of carbonyl (C=O) groups excluding carboxylic acids is 1. The molecule has 0 radical (unpaired) electrons. The van der Waals surface area contributed by atoms with Gasteiger partial charge < -0.3 is 9.64 Å². The number of amides is 1. The molecule has 0 aromatic heterocycles. The fourth-order valence-corrected chi connectivity index (χ4v) is 1.68. The summed E-state index contributed by atoms with van der Waals surface area (Å²) in [7, 11) is 3.77. The van der Waals surface area contributed by atoms with Crippen molar-refractivity contribution in [2.24, 2.45) is 0 Å². The van der Waals surface area contributed by atoms with E-state index in [-0.39, 0.29) is 6.61 Å². The third-order valence-electron chi connectivity index (χ3n) is 2.02. The van der Waals surface area contributed by atoms with Gasteiger partial charge in [-0.2, -0.15) is 0 Å². The molecule has 1 N–H and O–H groups in total. The molecular formula is C11H13Cl3N2O2. The largest absolute Gasteiger partial charge is 0.448 e. The average molecular weight is 312 g/mol. The summed E-state index contributed by atoms with van der Waals surface area (Å²) < 4.78 is 4.96. The van der Waals surface area contributed by atoms with E-state index in [4.69, 9.17) is 39.5 Å². The van der Waals surface area contributed by atoms with Crippen molar-refractivity contribution in [2.75, 3.05) is 32.6 Å². The summed E-state index contributed by atoms with van der Waals surface area (Å²) in [5.41, 5.74) is 0.362. The second-order valence-electron chi connectivity index (χ2n) is 3.81. The first-order chi connectivity index (χ1) is 8.40. The van der Waals surface area contributed by atoms with Gasteiger partial charge in [-0.25, -0.2) is 4.79 Å². The minimum atomic E-state index is -0.586. The maximum Gasteiger partial charge on any atom is 0.411 e. The molecule has 1 aromatic rings. The Morgan fingerprint density at radius 2 is 1.83 bits per heavy atom. The van der Waals surface area contributed by atoms with E-state index in [1.165, 1.54) is 12.1 Å². The van der Waals surface area contributed by atoms with Crippen molar-refractivity contribution in [3.63, 3.8) is 0 Å². The molecule has 1 amide bonds. The van der Waals surface area contributed by atoms with Crippen LogP contribution in [0.3, 0.4) is 0 Å². The molecule has 0 aliphatic carbocycles. The number of ether oxygens (including phenoxy) is 1. The van der Waals surface area contributed by atoms with Crippen LogP contribution in [0.1, 0.15) is 0 Å². The first-order valence-electron chi connectivity index (χ1n) is 5.13. The van der Waals surface area contributed by atoms with Crippen LogP contribution in [0, 0.1) is 0 Å². The van der Waals surface area contributed by atoms with Gasteiger partial charge in [-0.15, -0.1) is 0 Å². The topological polar surface area (TPSA) is 41.6 Å². The maximum absolute atomic E-state index is 11.5. The fourth-order valence-electron chi connectivity index (χ4n) is 1.09. The number of nitrogens with one attached hydrogen (secondary N) is 1. The summed E-state index contributed by atoms with van der Waals surface area (Å²) in [5, 5.41) is 3.43. The summed E-state index contributed by atoms with van der Waals surface area (Å²) in [6.07, 6.45) is -0.586. The van der Waals surface area contributed by atoms with Gasteiger partial charge in [0.15, 0.2) is 0 Å². The molecule has 18 heavy (non-hydrogen) atoms. The third kappa shape index (κ3) is 4.90. The molecule has 0 fully saturated rings. The highest BCUT2D eigenvalue weighted by Gasteiger charge is 2.10. The lowest BCUT2D eigenvalue weighted by Gasteiger charge is -2.11. The lowest BCUT2D eigenvalue weighted by Crippen LogP contribution is -2.22. The van der Waals surface area contributed by atoms with Crippen molar-refractivity contribution in [3.05, 3.63) is 27.2 Å². The van der Waals surface area contributed by atoms with E-state index in [9.17, 15) is 4.79 Å². The standard InChI is InChI=1S/C11H13Cl3N2O2/c1-16(2)3-4-18-11(17)15-10-6-8(13)7(12)5-9(10)14/h5-6H,3-4H2,1-2H3,(H,15,17). The van der Waals surface area contributed by atoms with Crippen molar-refractivity contribution in [3.8, 4) is 0 Å². The summed E-state index contributed by atoms with van der Waals surface area (Å²) in [6, 6.07) is 2.93. The van der Waals surface area contributed by atoms with E-state index >= 15 is 0 Å². The van der Waals surface area contributed by atoms with Crippen LogP contribution in [0.25, 0.3) is 0 Å². The lowest BCUT2D eigenvalue weighted by molar-refractivity contribution is 0.151. The maximum atomic E-state index is 11.5. The molecule has 0 atom stereocenters. The van der Waals surface area contributed by atoms with Gasteiger partial charge >= 0.3 is 6.09 Å². The van der Waals surface area contributed by atoms with Gasteiger partial charge in [-0.1, -0.05) is 34.8 Å². The highest BCUT2D eigenvalue weighted by Crippen LogP contribution is 2.32. The van der Waals surface area contributed by atoms with Crippen LogP contribution in [0.15, 0.2) is 12.1 Å². The second kappa shape index (κ2) is 7.04. The fraction of sp³-hybridized carbons (Fsp3) is 0.364. The molecule has 0 saturated heterocycles. The summed E-state index contributed by atoms with van der Waals surface area (Å²) in [6.45, 7) is 0.931. The molecule has 0 spiro atoms. The molecule has 0 aliphatic heterocycles. The van der Waals surface area contributed by atoms with Gasteiger partial charge in [0, 0.05) is 6.54 Å². The molecular weight excluding hydrogens is 298 g/mol. The number of anilines is 1. The van der Waals surface area contributed by atoms with Gasteiger partial charge in [0.25, 0.3) is 0 Å². The second-order valence-corrected chi connectivity index (χ2v) is 5.03. The predicted molar refractivity (Wildman–Crippen MR) is 75.0 cm³/mol. The van der Waals surface area contributed by atoms with E-state index in [1.807, 2.05) is 19.0 Å². The number of carbonyl (C=O) groups is 1. The number of halogens is 3. The number of nitrogens with zero attached hydrogens (tertiary/aromatic N) is 1. The van der Waals surface area contributed by atoms with Gasteiger partial charge in [-0.05, 0) is 26.2 Å². The summed E-state index contributed by atoms with van der Waals surface area (Å²) >= 11 is 17.5.